The van der Waals surface area contributed by atoms with E-state index in [0.717, 1.165) is 25.8 Å². The summed E-state index contributed by atoms with van der Waals surface area (Å²) in [7, 11) is 1.67. The fourth-order valence-electron chi connectivity index (χ4n) is 5.25. The van der Waals surface area contributed by atoms with Crippen LogP contribution in [0.3, 0.4) is 0 Å². The molecule has 2 unspecified atom stereocenters. The molecule has 0 aromatic heterocycles. The number of piperidine rings is 1. The number of hydrogen-bond donors (Lipinski definition) is 1. The number of likely N-dealkylation sites (tertiary alicyclic amines) is 1. The third-order valence-electron chi connectivity index (χ3n) is 7.44. The Kier molecular flexibility index (Phi) is 6.99. The van der Waals surface area contributed by atoms with Crippen molar-refractivity contribution in [3.05, 3.63) is 0 Å². The van der Waals surface area contributed by atoms with Crippen molar-refractivity contribution in [1.82, 2.24) is 14.7 Å². The Hall–Kier alpha value is -1.47. The van der Waals surface area contributed by atoms with Crippen LogP contribution >= 0.6 is 0 Å². The van der Waals surface area contributed by atoms with E-state index in [1.165, 1.54) is 35.5 Å². The van der Waals surface area contributed by atoms with Gasteiger partial charge in [0, 0.05) is 38.5 Å². The Morgan fingerprint density at radius 2 is 1.72 bits per heavy atom. The molecule has 3 fully saturated rings. The summed E-state index contributed by atoms with van der Waals surface area (Å²) in [6.45, 7) is 5.47. The highest BCUT2D eigenvalue weighted by molar-refractivity contribution is 6.06. The van der Waals surface area contributed by atoms with Crippen LogP contribution in [0.4, 0.5) is 4.79 Å². The maximum absolute atomic E-state index is 12.5. The highest BCUT2D eigenvalue weighted by Gasteiger charge is 2.48. The lowest BCUT2D eigenvalue weighted by atomic mass is 9.81. The summed E-state index contributed by atoms with van der Waals surface area (Å²) in [6.07, 6.45) is 8.00. The number of carbonyl (C=O) groups excluding carboxylic acids is 3. The summed E-state index contributed by atoms with van der Waals surface area (Å²) < 4.78 is 0. The van der Waals surface area contributed by atoms with Crippen LogP contribution in [0.25, 0.3) is 0 Å². The van der Waals surface area contributed by atoms with Gasteiger partial charge in [0.2, 0.25) is 0 Å². The second-order valence-electron chi connectivity index (χ2n) is 9.56. The molecule has 0 spiro atoms. The zero-order valence-electron chi connectivity index (χ0n) is 18.2. The summed E-state index contributed by atoms with van der Waals surface area (Å²) in [5.74, 6) is 0.752. The molecule has 2 aliphatic heterocycles. The van der Waals surface area contributed by atoms with Crippen molar-refractivity contribution < 1.29 is 19.5 Å². The molecule has 2 heterocycles. The first-order chi connectivity index (χ1) is 13.8. The number of urea groups is 1. The van der Waals surface area contributed by atoms with Crippen LogP contribution in [0.1, 0.15) is 65.2 Å². The standard InChI is InChI=1S/C22H37N3O4/c1-22(2)20(28)25(21(29)23(22)3)12-7-6-11-24-13-10-19(27)17(18(24)15-26)14-16-8-4-5-9-16/h16-18,26H,4-15H2,1-3H3. The third kappa shape index (κ3) is 4.50. The number of Topliss-reactive ketones (excluding diaryl/α,β-unsaturated/α-hetero) is 1. The van der Waals surface area contributed by atoms with Gasteiger partial charge in [0.25, 0.3) is 5.91 Å². The molecule has 0 bridgehead atoms. The number of likely N-dealkylation sites (N-methyl/N-ethyl adjacent to an activating group) is 1. The molecule has 3 amide bonds. The van der Waals surface area contributed by atoms with Crippen molar-refractivity contribution in [2.45, 2.75) is 76.8 Å². The minimum atomic E-state index is -0.778. The number of aliphatic hydroxyl groups excluding tert-OH is 1. The van der Waals surface area contributed by atoms with Crippen molar-refractivity contribution in [1.29, 1.82) is 0 Å². The maximum Gasteiger partial charge on any atom is 0.327 e. The molecule has 1 N–H and O–H groups in total. The molecule has 1 aliphatic carbocycles. The summed E-state index contributed by atoms with van der Waals surface area (Å²) in [5.41, 5.74) is -0.778. The predicted molar refractivity (Wildman–Crippen MR) is 110 cm³/mol. The van der Waals surface area contributed by atoms with Crippen molar-refractivity contribution in [2.75, 3.05) is 33.3 Å². The second-order valence-corrected chi connectivity index (χ2v) is 9.56. The number of unbranched alkanes of at least 4 members (excludes halogenated alkanes) is 1. The minimum absolute atomic E-state index is 0.0191. The van der Waals surface area contributed by atoms with Gasteiger partial charge in [-0.3, -0.25) is 19.4 Å². The van der Waals surface area contributed by atoms with Crippen LogP contribution in [0.2, 0.25) is 0 Å². The van der Waals surface area contributed by atoms with E-state index in [9.17, 15) is 19.5 Å². The first-order valence-corrected chi connectivity index (χ1v) is 11.2. The SMILES string of the molecule is CN1C(=O)N(CCCCN2CCC(=O)C(CC3CCCC3)C2CO)C(=O)C1(C)C. The second kappa shape index (κ2) is 9.13. The van der Waals surface area contributed by atoms with Gasteiger partial charge in [-0.1, -0.05) is 25.7 Å². The number of rotatable bonds is 8. The smallest absolute Gasteiger partial charge is 0.327 e. The molecule has 3 rings (SSSR count). The zero-order valence-corrected chi connectivity index (χ0v) is 18.2. The van der Waals surface area contributed by atoms with E-state index < -0.39 is 5.54 Å². The quantitative estimate of drug-likeness (QED) is 0.493. The molecule has 29 heavy (non-hydrogen) atoms. The Bertz CT molecular complexity index is 630. The van der Waals surface area contributed by atoms with E-state index in [1.807, 2.05) is 0 Å². The Labute approximate surface area is 174 Å². The topological polar surface area (TPSA) is 81.2 Å². The lowest BCUT2D eigenvalue weighted by Gasteiger charge is -2.40. The molecule has 2 atom stereocenters. The molecule has 0 aromatic rings. The monoisotopic (exact) mass is 407 g/mol. The molecular formula is C22H37N3O4. The van der Waals surface area contributed by atoms with Crippen LogP contribution in [-0.4, -0.2) is 82.4 Å². The average Bonchev–Trinajstić information content (AvgIpc) is 3.25. The fraction of sp³-hybridized carbons (Fsp3) is 0.864. The van der Waals surface area contributed by atoms with Crippen molar-refractivity contribution in [2.24, 2.45) is 11.8 Å². The van der Waals surface area contributed by atoms with E-state index in [4.69, 9.17) is 0 Å². The molecule has 164 valence electrons. The van der Waals surface area contributed by atoms with Gasteiger partial charge in [0.1, 0.15) is 11.3 Å². The van der Waals surface area contributed by atoms with E-state index in [2.05, 4.69) is 4.90 Å². The van der Waals surface area contributed by atoms with E-state index in [-0.39, 0.29) is 30.5 Å². The molecule has 3 aliphatic rings. The largest absolute Gasteiger partial charge is 0.395 e. The van der Waals surface area contributed by atoms with Crippen LogP contribution < -0.4 is 0 Å². The summed E-state index contributed by atoms with van der Waals surface area (Å²) in [4.78, 5) is 42.4. The van der Waals surface area contributed by atoms with Crippen LogP contribution in [0.15, 0.2) is 0 Å². The molecule has 0 radical (unpaired) electrons. The molecule has 0 aromatic carbocycles. The number of ketones is 1. The van der Waals surface area contributed by atoms with E-state index >= 15 is 0 Å². The molecule has 7 heteroatoms. The van der Waals surface area contributed by atoms with Crippen LogP contribution in [0.5, 0.6) is 0 Å². The van der Waals surface area contributed by atoms with Gasteiger partial charge in [-0.05, 0) is 45.6 Å². The lowest BCUT2D eigenvalue weighted by molar-refractivity contribution is -0.132. The van der Waals surface area contributed by atoms with Gasteiger partial charge in [-0.2, -0.15) is 0 Å². The number of aliphatic hydroxyl groups is 1. The van der Waals surface area contributed by atoms with Crippen LogP contribution in [0, 0.1) is 11.8 Å². The van der Waals surface area contributed by atoms with Gasteiger partial charge in [-0.25, -0.2) is 4.79 Å². The van der Waals surface area contributed by atoms with Crippen molar-refractivity contribution in [3.63, 3.8) is 0 Å². The normalized spacial score (nSPS) is 28.8. The van der Waals surface area contributed by atoms with Gasteiger partial charge < -0.3 is 10.0 Å². The fourth-order valence-corrected chi connectivity index (χ4v) is 5.25. The number of nitrogens with zero attached hydrogens (tertiary/aromatic N) is 3. The van der Waals surface area contributed by atoms with Gasteiger partial charge in [0.05, 0.1) is 6.61 Å². The lowest BCUT2D eigenvalue weighted by Crippen LogP contribution is -2.52. The van der Waals surface area contributed by atoms with Gasteiger partial charge in [0.15, 0.2) is 0 Å². The summed E-state index contributed by atoms with van der Waals surface area (Å²) in [6, 6.07) is -0.314. The number of imide groups is 1. The highest BCUT2D eigenvalue weighted by Crippen LogP contribution is 2.35. The average molecular weight is 408 g/mol. The number of carbonyl (C=O) groups is 3. The van der Waals surface area contributed by atoms with Crippen LogP contribution in [-0.2, 0) is 9.59 Å². The molecule has 1 saturated carbocycles. The summed E-state index contributed by atoms with van der Waals surface area (Å²) in [5, 5.41) is 10.0. The minimum Gasteiger partial charge on any atom is -0.395 e. The Morgan fingerprint density at radius 3 is 2.31 bits per heavy atom. The summed E-state index contributed by atoms with van der Waals surface area (Å²) >= 11 is 0. The van der Waals surface area contributed by atoms with E-state index in [1.54, 1.807) is 20.9 Å². The predicted octanol–water partition coefficient (Wildman–Crippen LogP) is 2.27. The zero-order chi connectivity index (χ0) is 21.2. The number of amides is 3. The first-order valence-electron chi connectivity index (χ1n) is 11.2. The first kappa shape index (κ1) is 22.2. The highest BCUT2D eigenvalue weighted by atomic mass is 16.3. The van der Waals surface area contributed by atoms with Gasteiger partial charge >= 0.3 is 6.03 Å². The third-order valence-corrected chi connectivity index (χ3v) is 7.44. The Morgan fingerprint density at radius 1 is 1.07 bits per heavy atom. The molecule has 2 saturated heterocycles. The van der Waals surface area contributed by atoms with Crippen molar-refractivity contribution in [3.8, 4) is 0 Å². The molecular weight excluding hydrogens is 370 g/mol. The van der Waals surface area contributed by atoms with Gasteiger partial charge in [-0.15, -0.1) is 0 Å². The van der Waals surface area contributed by atoms with Crippen molar-refractivity contribution >= 4 is 17.7 Å². The molecule has 7 nitrogen and oxygen atoms in total. The number of hydrogen-bond acceptors (Lipinski definition) is 5. The maximum atomic E-state index is 12.5. The Balaban J connectivity index is 1.50. The van der Waals surface area contributed by atoms with E-state index in [0.29, 0.717) is 31.2 Å².